The van der Waals surface area contributed by atoms with Gasteiger partial charge in [-0.05, 0) is 12.5 Å². The smallest absolute Gasteiger partial charge is 0.469 e. The van der Waals surface area contributed by atoms with Crippen LogP contribution in [0.25, 0.3) is 11.1 Å². The first-order valence-corrected chi connectivity index (χ1v) is 6.30. The molecule has 0 spiro atoms. The summed E-state index contributed by atoms with van der Waals surface area (Å²) >= 11 is 0. The second-order valence-corrected chi connectivity index (χ2v) is 4.42. The predicted octanol–water partition coefficient (Wildman–Crippen LogP) is 3.75. The number of aryl methyl sites for hydroxylation is 2. The van der Waals surface area contributed by atoms with E-state index in [1.807, 2.05) is 12.1 Å². The summed E-state index contributed by atoms with van der Waals surface area (Å²) in [6, 6.07) is 15.7. The Morgan fingerprint density at radius 3 is 2.35 bits per heavy atom. The van der Waals surface area contributed by atoms with Crippen molar-refractivity contribution in [2.45, 2.75) is 20.8 Å². The van der Waals surface area contributed by atoms with Gasteiger partial charge in [-0.15, -0.1) is 23.3 Å². The SMILES string of the molecule is CCOC(=O)c1c[c-]c(-c2[c-]cc(C)c(C)c2)cc1.[Pd+2]. The van der Waals surface area contributed by atoms with E-state index in [0.29, 0.717) is 12.2 Å². The largest absolute Gasteiger partial charge is 2.00 e. The molecule has 0 aliphatic carbocycles. The van der Waals surface area contributed by atoms with Gasteiger partial charge in [-0.2, -0.15) is 30.3 Å². The van der Waals surface area contributed by atoms with Gasteiger partial charge in [-0.1, -0.05) is 13.8 Å². The summed E-state index contributed by atoms with van der Waals surface area (Å²) in [5.74, 6) is -0.311. The van der Waals surface area contributed by atoms with Crippen LogP contribution in [-0.2, 0) is 25.2 Å². The van der Waals surface area contributed by atoms with Crippen LogP contribution in [-0.4, -0.2) is 12.6 Å². The third-order valence-electron chi connectivity index (χ3n) is 3.04. The molecule has 20 heavy (non-hydrogen) atoms. The minimum atomic E-state index is -0.311. The fourth-order valence-corrected chi connectivity index (χ4v) is 1.76. The van der Waals surface area contributed by atoms with E-state index in [0.717, 1.165) is 11.1 Å². The molecule has 0 saturated heterocycles. The van der Waals surface area contributed by atoms with Crippen LogP contribution in [0.4, 0.5) is 0 Å². The van der Waals surface area contributed by atoms with E-state index in [-0.39, 0.29) is 26.4 Å². The Morgan fingerprint density at radius 1 is 1.10 bits per heavy atom. The van der Waals surface area contributed by atoms with Gasteiger partial charge in [-0.3, -0.25) is 4.79 Å². The molecule has 2 aromatic carbocycles. The zero-order valence-electron chi connectivity index (χ0n) is 11.7. The minimum Gasteiger partial charge on any atom is -0.469 e. The minimum absolute atomic E-state index is 0. The van der Waals surface area contributed by atoms with Crippen molar-refractivity contribution in [1.82, 2.24) is 0 Å². The molecule has 0 heterocycles. The molecule has 0 amide bonds. The van der Waals surface area contributed by atoms with Crippen LogP contribution in [0.5, 0.6) is 0 Å². The number of hydrogen-bond acceptors (Lipinski definition) is 2. The van der Waals surface area contributed by atoms with Gasteiger partial charge in [0.2, 0.25) is 0 Å². The van der Waals surface area contributed by atoms with Crippen molar-refractivity contribution in [1.29, 1.82) is 0 Å². The summed E-state index contributed by atoms with van der Waals surface area (Å²) in [6.45, 7) is 6.30. The topological polar surface area (TPSA) is 26.3 Å². The van der Waals surface area contributed by atoms with Gasteiger partial charge in [0.05, 0.1) is 6.61 Å². The molecule has 0 saturated carbocycles. The number of esters is 1. The van der Waals surface area contributed by atoms with E-state index in [1.54, 1.807) is 19.1 Å². The van der Waals surface area contributed by atoms with Gasteiger partial charge >= 0.3 is 20.4 Å². The Morgan fingerprint density at radius 2 is 1.80 bits per heavy atom. The summed E-state index contributed by atoms with van der Waals surface area (Å²) in [5.41, 5.74) is 4.87. The number of rotatable bonds is 3. The van der Waals surface area contributed by atoms with Crippen molar-refractivity contribution in [2.75, 3.05) is 6.61 Å². The maximum Gasteiger partial charge on any atom is 2.00 e. The molecule has 2 nitrogen and oxygen atoms in total. The first kappa shape index (κ1) is 16.6. The van der Waals surface area contributed by atoms with Crippen molar-refractivity contribution in [2.24, 2.45) is 0 Å². The first-order valence-electron chi connectivity index (χ1n) is 6.30. The monoisotopic (exact) mass is 358 g/mol. The van der Waals surface area contributed by atoms with Crippen LogP contribution in [0.3, 0.4) is 0 Å². The van der Waals surface area contributed by atoms with E-state index >= 15 is 0 Å². The third kappa shape index (κ3) is 3.79. The average Bonchev–Trinajstić information content (AvgIpc) is 2.42. The second-order valence-electron chi connectivity index (χ2n) is 4.42. The van der Waals surface area contributed by atoms with Crippen molar-refractivity contribution in [3.8, 4) is 11.1 Å². The van der Waals surface area contributed by atoms with E-state index < -0.39 is 0 Å². The van der Waals surface area contributed by atoms with Crippen LogP contribution in [0.2, 0.25) is 0 Å². The molecular formula is C17H16O2Pd. The number of hydrogen-bond donors (Lipinski definition) is 0. The van der Waals surface area contributed by atoms with Gasteiger partial charge < -0.3 is 4.74 Å². The van der Waals surface area contributed by atoms with Crippen LogP contribution in [0.15, 0.2) is 30.3 Å². The van der Waals surface area contributed by atoms with Crippen molar-refractivity contribution in [3.63, 3.8) is 0 Å². The molecule has 3 heteroatoms. The number of ether oxygens (including phenoxy) is 1. The molecule has 0 unspecified atom stereocenters. The molecule has 0 bridgehead atoms. The van der Waals surface area contributed by atoms with Gasteiger partial charge in [0.25, 0.3) is 5.97 Å². The molecule has 0 N–H and O–H groups in total. The van der Waals surface area contributed by atoms with Crippen LogP contribution >= 0.6 is 0 Å². The molecule has 0 fully saturated rings. The van der Waals surface area contributed by atoms with Crippen molar-refractivity contribution >= 4 is 5.97 Å². The molecule has 0 aliphatic rings. The first-order chi connectivity index (χ1) is 9.11. The maximum absolute atomic E-state index is 11.5. The molecule has 2 rings (SSSR count). The zero-order valence-corrected chi connectivity index (χ0v) is 13.3. The summed E-state index contributed by atoms with van der Waals surface area (Å²) in [4.78, 5) is 11.5. The molecule has 0 radical (unpaired) electrons. The van der Waals surface area contributed by atoms with Crippen LogP contribution in [0, 0.1) is 26.0 Å². The molecule has 2 aromatic rings. The van der Waals surface area contributed by atoms with E-state index in [9.17, 15) is 4.79 Å². The molecule has 0 aromatic heterocycles. The fraction of sp³-hybridized carbons (Fsp3) is 0.235. The Labute approximate surface area is 133 Å². The van der Waals surface area contributed by atoms with Gasteiger partial charge in [0.1, 0.15) is 0 Å². The van der Waals surface area contributed by atoms with E-state index in [4.69, 9.17) is 4.74 Å². The molecule has 106 valence electrons. The third-order valence-corrected chi connectivity index (χ3v) is 3.04. The van der Waals surface area contributed by atoms with E-state index in [2.05, 4.69) is 32.0 Å². The Bertz CT molecular complexity index is 588. The number of carbonyl (C=O) groups excluding carboxylic acids is 1. The van der Waals surface area contributed by atoms with Gasteiger partial charge in [-0.25, -0.2) is 11.1 Å². The predicted molar refractivity (Wildman–Crippen MR) is 75.0 cm³/mol. The Hall–Kier alpha value is -1.43. The standard InChI is InChI=1S/C17H16O2.Pd/c1-4-19-17(18)15-9-7-14(8-10-15)16-6-5-12(2)13(3)11-16;/h5,7,9-11H,4H2,1-3H3;/q-2;+2. The van der Waals surface area contributed by atoms with Crippen LogP contribution < -0.4 is 0 Å². The quantitative estimate of drug-likeness (QED) is 0.474. The zero-order chi connectivity index (χ0) is 13.8. The van der Waals surface area contributed by atoms with Crippen molar-refractivity contribution in [3.05, 3.63) is 59.2 Å². The summed E-state index contributed by atoms with van der Waals surface area (Å²) in [5, 5.41) is 0. The van der Waals surface area contributed by atoms with Gasteiger partial charge in [0, 0.05) is 0 Å². The average molecular weight is 359 g/mol. The van der Waals surface area contributed by atoms with Crippen LogP contribution in [0.1, 0.15) is 28.4 Å². The molecule has 0 atom stereocenters. The summed E-state index contributed by atoms with van der Waals surface area (Å²) < 4.78 is 4.94. The fourth-order valence-electron chi connectivity index (χ4n) is 1.76. The maximum atomic E-state index is 11.5. The summed E-state index contributed by atoms with van der Waals surface area (Å²) in [7, 11) is 0. The Kier molecular flexibility index (Phi) is 6.14. The van der Waals surface area contributed by atoms with E-state index in [1.165, 1.54) is 11.1 Å². The normalized spacial score (nSPS) is 9.75. The Balaban J connectivity index is 0.00000200. The summed E-state index contributed by atoms with van der Waals surface area (Å²) in [6.07, 6.45) is 0. The van der Waals surface area contributed by atoms with Gasteiger partial charge in [0.15, 0.2) is 0 Å². The second kappa shape index (κ2) is 7.38. The van der Waals surface area contributed by atoms with Crippen molar-refractivity contribution < 1.29 is 30.0 Å². The number of carbonyl (C=O) groups is 1. The molecular weight excluding hydrogens is 343 g/mol. The number of benzene rings is 2. The molecule has 0 aliphatic heterocycles.